The van der Waals surface area contributed by atoms with Crippen LogP contribution in [0.3, 0.4) is 0 Å². The molecule has 2 aliphatic heterocycles. The maximum Gasteiger partial charge on any atom is 0.255 e. The fraction of sp³-hybridized carbons (Fsp3) is 0.360. The van der Waals surface area contributed by atoms with E-state index < -0.39 is 6.10 Å². The number of benzene rings is 1. The number of hydrogen-bond acceptors (Lipinski definition) is 5. The highest BCUT2D eigenvalue weighted by atomic mass is 16.3. The first kappa shape index (κ1) is 20.7. The molecule has 5 rings (SSSR count). The highest BCUT2D eigenvalue weighted by Gasteiger charge is 2.22. The molecule has 32 heavy (non-hydrogen) atoms. The number of carbonyl (C=O) groups is 1. The molecule has 1 amide bonds. The van der Waals surface area contributed by atoms with E-state index in [0.717, 1.165) is 44.7 Å². The third kappa shape index (κ3) is 4.26. The van der Waals surface area contributed by atoms with Crippen LogP contribution in [0.25, 0.3) is 11.3 Å². The van der Waals surface area contributed by atoms with Gasteiger partial charge in [0.25, 0.3) is 5.91 Å². The van der Waals surface area contributed by atoms with Crippen LogP contribution in [-0.4, -0.2) is 69.0 Å². The van der Waals surface area contributed by atoms with Gasteiger partial charge in [0.2, 0.25) is 0 Å². The number of amides is 1. The van der Waals surface area contributed by atoms with Crippen molar-refractivity contribution < 1.29 is 9.90 Å². The number of fused-ring (bicyclic) bond motifs is 2. The van der Waals surface area contributed by atoms with E-state index in [1.165, 1.54) is 11.1 Å². The largest absolute Gasteiger partial charge is 0.390 e. The fourth-order valence-corrected chi connectivity index (χ4v) is 4.37. The van der Waals surface area contributed by atoms with Crippen molar-refractivity contribution in [3.05, 3.63) is 77.8 Å². The Balaban J connectivity index is 1.16. The maximum absolute atomic E-state index is 12.5. The lowest BCUT2D eigenvalue weighted by Gasteiger charge is -2.30. The molecule has 2 N–H and O–H groups in total. The van der Waals surface area contributed by atoms with E-state index >= 15 is 0 Å². The molecule has 0 spiro atoms. The SMILES string of the molecule is C=C(NCC(O)CN1CCc2ccccc2C1)c1cn2cc(C(=O)N3CCC3)ccc2n1. The first-order valence-electron chi connectivity index (χ1n) is 11.3. The van der Waals surface area contributed by atoms with Gasteiger partial charge in [-0.05, 0) is 36.1 Å². The Morgan fingerprint density at radius 2 is 1.94 bits per heavy atom. The van der Waals surface area contributed by atoms with Crippen LogP contribution in [0.1, 0.15) is 33.6 Å². The van der Waals surface area contributed by atoms with Crippen molar-refractivity contribution >= 4 is 17.3 Å². The molecule has 0 bridgehead atoms. The van der Waals surface area contributed by atoms with Gasteiger partial charge in [0.05, 0.1) is 17.4 Å². The Morgan fingerprint density at radius 1 is 1.12 bits per heavy atom. The summed E-state index contributed by atoms with van der Waals surface area (Å²) in [5, 5.41) is 13.8. The Bertz CT molecular complexity index is 1150. The second-order valence-corrected chi connectivity index (χ2v) is 8.72. The van der Waals surface area contributed by atoms with Crippen LogP contribution in [0, 0.1) is 0 Å². The van der Waals surface area contributed by atoms with Crippen molar-refractivity contribution in [1.82, 2.24) is 24.5 Å². The van der Waals surface area contributed by atoms with E-state index in [-0.39, 0.29) is 5.91 Å². The van der Waals surface area contributed by atoms with Gasteiger partial charge in [0, 0.05) is 51.7 Å². The van der Waals surface area contributed by atoms with Crippen LogP contribution < -0.4 is 5.32 Å². The van der Waals surface area contributed by atoms with Gasteiger partial charge in [-0.1, -0.05) is 30.8 Å². The van der Waals surface area contributed by atoms with Gasteiger partial charge in [-0.2, -0.15) is 0 Å². The summed E-state index contributed by atoms with van der Waals surface area (Å²) in [7, 11) is 0. The number of aromatic nitrogens is 2. The average Bonchev–Trinajstić information content (AvgIpc) is 3.19. The number of carbonyl (C=O) groups excluding carboxylic acids is 1. The first-order chi connectivity index (χ1) is 15.6. The quantitative estimate of drug-likeness (QED) is 0.600. The molecule has 4 heterocycles. The van der Waals surface area contributed by atoms with Crippen molar-refractivity contribution in [1.29, 1.82) is 0 Å². The third-order valence-corrected chi connectivity index (χ3v) is 6.38. The predicted octanol–water partition coefficient (Wildman–Crippen LogP) is 2.16. The summed E-state index contributed by atoms with van der Waals surface area (Å²) >= 11 is 0. The molecular formula is C25H29N5O2. The average molecular weight is 432 g/mol. The molecule has 0 aliphatic carbocycles. The maximum atomic E-state index is 12.5. The molecule has 2 aromatic heterocycles. The number of hydrogen-bond donors (Lipinski definition) is 2. The highest BCUT2D eigenvalue weighted by Crippen LogP contribution is 2.19. The van der Waals surface area contributed by atoms with E-state index in [1.807, 2.05) is 33.8 Å². The highest BCUT2D eigenvalue weighted by molar-refractivity contribution is 5.94. The van der Waals surface area contributed by atoms with Crippen LogP contribution in [0.15, 0.2) is 55.4 Å². The van der Waals surface area contributed by atoms with Crippen molar-refractivity contribution in [2.75, 3.05) is 32.7 Å². The van der Waals surface area contributed by atoms with E-state index in [2.05, 4.69) is 46.0 Å². The normalized spacial score (nSPS) is 17.0. The van der Waals surface area contributed by atoms with E-state index in [1.54, 1.807) is 0 Å². The van der Waals surface area contributed by atoms with Crippen LogP contribution in [-0.2, 0) is 13.0 Å². The van der Waals surface area contributed by atoms with Crippen molar-refractivity contribution in [2.24, 2.45) is 0 Å². The van der Waals surface area contributed by atoms with Gasteiger partial charge < -0.3 is 19.7 Å². The number of rotatable bonds is 7. The number of aliphatic hydroxyl groups is 1. The van der Waals surface area contributed by atoms with Gasteiger partial charge in [-0.15, -0.1) is 0 Å². The summed E-state index contributed by atoms with van der Waals surface area (Å²) in [6, 6.07) is 12.2. The Labute approximate surface area is 188 Å². The summed E-state index contributed by atoms with van der Waals surface area (Å²) in [6.07, 6.45) is 5.28. The molecule has 3 aromatic rings. The molecule has 1 fully saturated rings. The molecule has 1 aromatic carbocycles. The predicted molar refractivity (Wildman–Crippen MR) is 124 cm³/mol. The Kier molecular flexibility index (Phi) is 5.68. The minimum atomic E-state index is -0.505. The summed E-state index contributed by atoms with van der Waals surface area (Å²) < 4.78 is 1.86. The topological polar surface area (TPSA) is 73.1 Å². The van der Waals surface area contributed by atoms with Crippen molar-refractivity contribution in [3.8, 4) is 0 Å². The standard InChI is InChI=1S/C25H29N5O2/c1-18(26-13-22(31)16-28-12-9-19-5-2-3-6-20(19)14-28)23-17-30-15-21(7-8-24(30)27-23)25(32)29-10-4-11-29/h2-3,5-8,15,17,22,26,31H,1,4,9-14,16H2. The molecule has 1 saturated heterocycles. The van der Waals surface area contributed by atoms with Gasteiger partial charge in [-0.25, -0.2) is 4.98 Å². The van der Waals surface area contributed by atoms with Crippen LogP contribution in [0.2, 0.25) is 0 Å². The first-order valence-corrected chi connectivity index (χ1v) is 11.3. The van der Waals surface area contributed by atoms with Gasteiger partial charge in [0.1, 0.15) is 11.3 Å². The lowest BCUT2D eigenvalue weighted by Crippen LogP contribution is -2.42. The van der Waals surface area contributed by atoms with Gasteiger partial charge in [0.15, 0.2) is 0 Å². The van der Waals surface area contributed by atoms with E-state index in [9.17, 15) is 9.90 Å². The monoisotopic (exact) mass is 431 g/mol. The van der Waals surface area contributed by atoms with Crippen LogP contribution in [0.5, 0.6) is 0 Å². The molecule has 166 valence electrons. The third-order valence-electron chi connectivity index (χ3n) is 6.38. The number of imidazole rings is 1. The molecule has 0 saturated carbocycles. The number of nitrogens with zero attached hydrogens (tertiary/aromatic N) is 4. The Hall–Kier alpha value is -3.16. The summed E-state index contributed by atoms with van der Waals surface area (Å²) in [6.45, 7) is 8.61. The minimum Gasteiger partial charge on any atom is -0.390 e. The summed E-state index contributed by atoms with van der Waals surface area (Å²) in [5.74, 6) is 0.0637. The smallest absolute Gasteiger partial charge is 0.255 e. The van der Waals surface area contributed by atoms with Crippen molar-refractivity contribution in [2.45, 2.75) is 25.5 Å². The van der Waals surface area contributed by atoms with Gasteiger partial charge >= 0.3 is 0 Å². The van der Waals surface area contributed by atoms with E-state index in [4.69, 9.17) is 0 Å². The van der Waals surface area contributed by atoms with Gasteiger partial charge in [-0.3, -0.25) is 9.69 Å². The number of pyridine rings is 1. The molecule has 7 heteroatoms. The lowest BCUT2D eigenvalue weighted by molar-refractivity contribution is 0.0651. The number of β-amino-alcohol motifs (C(OH)–C–C–N with tert-alkyl or cyclic N) is 1. The molecule has 2 aliphatic rings. The zero-order chi connectivity index (χ0) is 22.1. The Morgan fingerprint density at radius 3 is 2.72 bits per heavy atom. The second kappa shape index (κ2) is 8.76. The summed E-state index contributed by atoms with van der Waals surface area (Å²) in [5.41, 5.74) is 5.55. The fourth-order valence-electron chi connectivity index (χ4n) is 4.37. The molecule has 0 radical (unpaired) electrons. The zero-order valence-corrected chi connectivity index (χ0v) is 18.2. The zero-order valence-electron chi connectivity index (χ0n) is 18.2. The van der Waals surface area contributed by atoms with Crippen LogP contribution in [0.4, 0.5) is 0 Å². The minimum absolute atomic E-state index is 0.0637. The van der Waals surface area contributed by atoms with E-state index in [0.29, 0.717) is 30.0 Å². The lowest BCUT2D eigenvalue weighted by atomic mass is 10.00. The number of aliphatic hydroxyl groups excluding tert-OH is 1. The molecule has 1 unspecified atom stereocenters. The molecular weight excluding hydrogens is 402 g/mol. The number of likely N-dealkylation sites (tertiary alicyclic amines) is 1. The van der Waals surface area contributed by atoms with Crippen molar-refractivity contribution in [3.63, 3.8) is 0 Å². The molecule has 1 atom stereocenters. The summed E-state index contributed by atoms with van der Waals surface area (Å²) in [4.78, 5) is 21.2. The second-order valence-electron chi connectivity index (χ2n) is 8.72. The molecule has 7 nitrogen and oxygen atoms in total. The number of nitrogens with one attached hydrogen (secondary N) is 1. The van der Waals surface area contributed by atoms with Crippen LogP contribution >= 0.6 is 0 Å².